The molecule has 0 spiro atoms. The Bertz CT molecular complexity index is 1660. The third-order valence-corrected chi connectivity index (χ3v) is 8.38. The van der Waals surface area contributed by atoms with Crippen molar-refractivity contribution >= 4 is 58.6 Å². The van der Waals surface area contributed by atoms with Crippen LogP contribution in [-0.2, 0) is 30.6 Å². The van der Waals surface area contributed by atoms with E-state index in [-0.39, 0.29) is 47.3 Å². The fraction of sp³-hybridized carbons (Fsp3) is 0.304. The second kappa shape index (κ2) is 11.5. The molecule has 2 aliphatic rings. The molecule has 16 nitrogen and oxygen atoms in total. The number of aryl methyl sites for hydroxylation is 1. The van der Waals surface area contributed by atoms with Gasteiger partial charge in [0.15, 0.2) is 11.4 Å². The van der Waals surface area contributed by atoms with Gasteiger partial charge in [0.25, 0.3) is 11.8 Å². The SMILES string of the molecule is CO/N=C(\C(=O)NC1C(=O)N2C(C(=O)O)=C(CSc3ccc4nn(CCC(=O)O)c(=O)n4n3)CS[C@H]12)c1ccco1. The van der Waals surface area contributed by atoms with Crippen molar-refractivity contribution < 1.29 is 38.6 Å². The molecule has 41 heavy (non-hydrogen) atoms. The number of β-lactam (4-membered cyclic amide) rings is 1. The zero-order valence-electron chi connectivity index (χ0n) is 21.1. The summed E-state index contributed by atoms with van der Waals surface area (Å²) < 4.78 is 7.25. The Labute approximate surface area is 238 Å². The molecule has 1 fully saturated rings. The maximum absolute atomic E-state index is 13.0. The van der Waals surface area contributed by atoms with Crippen molar-refractivity contribution in [3.63, 3.8) is 0 Å². The smallest absolute Gasteiger partial charge is 0.367 e. The number of fused-ring (bicyclic) bond motifs is 2. The molecular weight excluding hydrogens is 582 g/mol. The van der Waals surface area contributed by atoms with Gasteiger partial charge in [0.05, 0.1) is 19.2 Å². The Morgan fingerprint density at radius 1 is 1.24 bits per heavy atom. The minimum absolute atomic E-state index is 0.109. The highest BCUT2D eigenvalue weighted by Crippen LogP contribution is 2.41. The van der Waals surface area contributed by atoms with Gasteiger partial charge in [-0.05, 0) is 29.8 Å². The van der Waals surface area contributed by atoms with Gasteiger partial charge in [-0.2, -0.15) is 9.61 Å². The predicted molar refractivity (Wildman–Crippen MR) is 142 cm³/mol. The molecule has 0 bridgehead atoms. The summed E-state index contributed by atoms with van der Waals surface area (Å²) in [6.45, 7) is -0.109. The lowest BCUT2D eigenvalue weighted by Crippen LogP contribution is -2.71. The van der Waals surface area contributed by atoms with Crippen LogP contribution in [0.5, 0.6) is 0 Å². The number of hydrogen-bond acceptors (Lipinski definition) is 12. The molecule has 5 rings (SSSR count). The monoisotopic (exact) mass is 603 g/mol. The van der Waals surface area contributed by atoms with Gasteiger partial charge >= 0.3 is 17.6 Å². The van der Waals surface area contributed by atoms with Crippen LogP contribution in [0, 0.1) is 0 Å². The van der Waals surface area contributed by atoms with Crippen LogP contribution in [0.4, 0.5) is 0 Å². The number of aliphatic carboxylic acids is 2. The number of carboxylic acids is 2. The molecule has 5 heterocycles. The van der Waals surface area contributed by atoms with Gasteiger partial charge in [-0.1, -0.05) is 5.16 Å². The van der Waals surface area contributed by atoms with Crippen molar-refractivity contribution in [2.24, 2.45) is 5.16 Å². The largest absolute Gasteiger partial charge is 0.481 e. The van der Waals surface area contributed by atoms with Crippen LogP contribution in [0.25, 0.3) is 5.65 Å². The number of oxime groups is 1. The first-order valence-electron chi connectivity index (χ1n) is 11.9. The summed E-state index contributed by atoms with van der Waals surface area (Å²) >= 11 is 2.46. The van der Waals surface area contributed by atoms with Crippen molar-refractivity contribution in [3.05, 3.63) is 58.0 Å². The lowest BCUT2D eigenvalue weighted by atomic mass is 10.0. The number of carbonyl (C=O) groups excluding carboxylic acids is 2. The van der Waals surface area contributed by atoms with Crippen LogP contribution < -0.4 is 11.0 Å². The number of amides is 2. The van der Waals surface area contributed by atoms with Crippen LogP contribution >= 0.6 is 23.5 Å². The number of hydrogen-bond donors (Lipinski definition) is 3. The van der Waals surface area contributed by atoms with Gasteiger partial charge < -0.3 is 24.8 Å². The van der Waals surface area contributed by atoms with E-state index in [4.69, 9.17) is 14.4 Å². The van der Waals surface area contributed by atoms with Gasteiger partial charge in [-0.25, -0.2) is 14.3 Å². The topological polar surface area (TPSA) is 211 Å². The number of carbonyl (C=O) groups is 4. The fourth-order valence-corrected chi connectivity index (χ4v) is 6.52. The van der Waals surface area contributed by atoms with E-state index >= 15 is 0 Å². The molecule has 0 radical (unpaired) electrons. The maximum Gasteiger partial charge on any atom is 0.367 e. The van der Waals surface area contributed by atoms with Gasteiger partial charge in [0.2, 0.25) is 5.71 Å². The van der Waals surface area contributed by atoms with E-state index in [1.54, 1.807) is 18.2 Å². The van der Waals surface area contributed by atoms with Crippen molar-refractivity contribution in [2.75, 3.05) is 18.6 Å². The third kappa shape index (κ3) is 5.42. The molecule has 0 saturated carbocycles. The van der Waals surface area contributed by atoms with Crippen LogP contribution in [0.3, 0.4) is 0 Å². The summed E-state index contributed by atoms with van der Waals surface area (Å²) in [7, 11) is 1.26. The fourth-order valence-electron chi connectivity index (χ4n) is 4.18. The molecule has 2 atom stereocenters. The Morgan fingerprint density at radius 2 is 2.05 bits per heavy atom. The average Bonchev–Trinajstić information content (AvgIpc) is 3.59. The van der Waals surface area contributed by atoms with E-state index in [0.717, 1.165) is 25.9 Å². The molecular formula is C23H21N7O9S2. The first-order chi connectivity index (χ1) is 19.7. The maximum atomic E-state index is 13.0. The average molecular weight is 604 g/mol. The van der Waals surface area contributed by atoms with E-state index in [9.17, 15) is 29.1 Å². The lowest BCUT2D eigenvalue weighted by molar-refractivity contribution is -0.150. The van der Waals surface area contributed by atoms with E-state index in [1.807, 2.05) is 0 Å². The zero-order chi connectivity index (χ0) is 29.3. The van der Waals surface area contributed by atoms with E-state index in [0.29, 0.717) is 10.6 Å². The second-order valence-corrected chi connectivity index (χ2v) is 10.7. The standard InChI is InChI=1S/C23H21N7O9S2/c1-38-27-16(12-3-2-8-39-12)19(33)24-17-20(34)29-18(22(35)36)11(10-41-21(17)29)9-40-14-5-4-13-25-28(7-6-15(31)32)23(37)30(13)26-14/h2-5,8,17,21H,6-7,9-10H2,1H3,(H,24,33)(H,31,32)(H,35,36)/b27-16-/t17?,21-/m1/s1. The van der Waals surface area contributed by atoms with Crippen LogP contribution in [-0.4, -0.2) is 94.0 Å². The Balaban J connectivity index is 1.29. The van der Waals surface area contributed by atoms with Crippen molar-refractivity contribution in [3.8, 4) is 0 Å². The molecule has 0 aromatic carbocycles. The molecule has 2 amide bonds. The number of furan rings is 1. The highest BCUT2D eigenvalue weighted by Gasteiger charge is 2.54. The lowest BCUT2D eigenvalue weighted by Gasteiger charge is -2.49. The van der Waals surface area contributed by atoms with Crippen LogP contribution in [0.2, 0.25) is 0 Å². The molecule has 214 valence electrons. The molecule has 1 saturated heterocycles. The van der Waals surface area contributed by atoms with Crippen molar-refractivity contribution in [1.29, 1.82) is 0 Å². The second-order valence-electron chi connectivity index (χ2n) is 8.60. The number of nitrogens with zero attached hydrogens (tertiary/aromatic N) is 6. The molecule has 3 N–H and O–H groups in total. The summed E-state index contributed by atoms with van der Waals surface area (Å²) in [6, 6.07) is 5.23. The molecule has 2 aliphatic heterocycles. The Hall–Kier alpha value is -4.58. The van der Waals surface area contributed by atoms with Crippen LogP contribution in [0.1, 0.15) is 12.2 Å². The van der Waals surface area contributed by atoms with E-state index < -0.39 is 40.9 Å². The number of nitrogens with one attached hydrogen (secondary N) is 1. The summed E-state index contributed by atoms with van der Waals surface area (Å²) in [5.41, 5.74) is -0.253. The number of thioether (sulfide) groups is 2. The number of carboxylic acid groups (broad SMARTS) is 2. The van der Waals surface area contributed by atoms with E-state index in [1.165, 1.54) is 31.2 Å². The molecule has 1 unspecified atom stereocenters. The first kappa shape index (κ1) is 28.0. The number of rotatable bonds is 11. The summed E-state index contributed by atoms with van der Waals surface area (Å²) in [4.78, 5) is 67.3. The third-order valence-electron chi connectivity index (χ3n) is 6.04. The van der Waals surface area contributed by atoms with Gasteiger partial charge in [-0.3, -0.25) is 19.3 Å². The van der Waals surface area contributed by atoms with Gasteiger partial charge in [0, 0.05) is 11.5 Å². The molecule has 0 aliphatic carbocycles. The minimum Gasteiger partial charge on any atom is -0.481 e. The van der Waals surface area contributed by atoms with Crippen LogP contribution in [0.15, 0.2) is 61.2 Å². The highest BCUT2D eigenvalue weighted by molar-refractivity contribution is 8.01. The molecule has 3 aromatic heterocycles. The number of aromatic nitrogens is 4. The summed E-state index contributed by atoms with van der Waals surface area (Å²) in [5, 5.41) is 33.1. The zero-order valence-corrected chi connectivity index (χ0v) is 22.8. The van der Waals surface area contributed by atoms with Gasteiger partial charge in [0.1, 0.15) is 29.2 Å². The summed E-state index contributed by atoms with van der Waals surface area (Å²) in [6.07, 6.45) is 1.08. The first-order valence-corrected chi connectivity index (χ1v) is 13.9. The molecule has 3 aromatic rings. The normalized spacial score (nSPS) is 18.7. The quantitative estimate of drug-likeness (QED) is 0.113. The highest BCUT2D eigenvalue weighted by atomic mass is 32.2. The van der Waals surface area contributed by atoms with E-state index in [2.05, 4.69) is 20.7 Å². The Morgan fingerprint density at radius 3 is 2.73 bits per heavy atom. The minimum atomic E-state index is -1.29. The van der Waals surface area contributed by atoms with Crippen molar-refractivity contribution in [2.45, 2.75) is 29.4 Å². The van der Waals surface area contributed by atoms with Crippen molar-refractivity contribution in [1.82, 2.24) is 29.6 Å². The molecule has 18 heteroatoms. The Kier molecular flexibility index (Phi) is 7.84. The summed E-state index contributed by atoms with van der Waals surface area (Å²) in [5.74, 6) is -3.11. The van der Waals surface area contributed by atoms with Gasteiger partial charge in [-0.15, -0.1) is 28.6 Å². The predicted octanol–water partition coefficient (Wildman–Crippen LogP) is -0.160.